The smallest absolute Gasteiger partial charge is 0.0917 e. The first-order chi connectivity index (χ1) is 10.6. The van der Waals surface area contributed by atoms with Gasteiger partial charge in [0.1, 0.15) is 0 Å². The van der Waals surface area contributed by atoms with Crippen LogP contribution in [0.5, 0.6) is 0 Å². The van der Waals surface area contributed by atoms with Gasteiger partial charge in [0, 0.05) is 29.2 Å². The maximum atomic E-state index is 10.5. The Labute approximate surface area is 141 Å². The molecule has 3 rings (SSSR count). The average Bonchev–Trinajstić information content (AvgIpc) is 3.34. The molecule has 1 N–H and O–H groups in total. The van der Waals surface area contributed by atoms with Crippen molar-refractivity contribution in [3.63, 3.8) is 0 Å². The van der Waals surface area contributed by atoms with E-state index < -0.39 is 6.10 Å². The van der Waals surface area contributed by atoms with Crippen molar-refractivity contribution < 1.29 is 5.11 Å². The summed E-state index contributed by atoms with van der Waals surface area (Å²) in [6, 6.07) is 15.9. The summed E-state index contributed by atoms with van der Waals surface area (Å²) in [7, 11) is 0. The van der Waals surface area contributed by atoms with E-state index in [1.165, 1.54) is 12.8 Å². The molecule has 0 radical (unpaired) electrons. The second kappa shape index (κ2) is 7.01. The lowest BCUT2D eigenvalue weighted by atomic mass is 10.1. The molecule has 0 aromatic heterocycles. The van der Waals surface area contributed by atoms with Crippen molar-refractivity contribution in [1.82, 2.24) is 4.90 Å². The Morgan fingerprint density at radius 2 is 1.82 bits per heavy atom. The van der Waals surface area contributed by atoms with Crippen LogP contribution in [0.1, 0.15) is 30.1 Å². The highest BCUT2D eigenvalue weighted by atomic mass is 35.5. The van der Waals surface area contributed by atoms with E-state index in [-0.39, 0.29) is 0 Å². The van der Waals surface area contributed by atoms with Crippen LogP contribution >= 0.6 is 23.2 Å². The molecule has 1 unspecified atom stereocenters. The fraction of sp³-hybridized carbons (Fsp3) is 0.333. The predicted molar refractivity (Wildman–Crippen MR) is 91.3 cm³/mol. The molecular formula is C18H19Cl2NO. The number of nitrogens with zero attached hydrogens (tertiary/aromatic N) is 1. The molecule has 0 amide bonds. The first-order valence-corrected chi connectivity index (χ1v) is 8.30. The number of benzene rings is 2. The minimum Gasteiger partial charge on any atom is -0.387 e. The van der Waals surface area contributed by atoms with Crippen molar-refractivity contribution in [3.05, 3.63) is 69.7 Å². The Kier molecular flexibility index (Phi) is 5.04. The van der Waals surface area contributed by atoms with Crippen LogP contribution in [0.3, 0.4) is 0 Å². The summed E-state index contributed by atoms with van der Waals surface area (Å²) in [6.45, 7) is 1.36. The molecule has 1 aliphatic rings. The van der Waals surface area contributed by atoms with E-state index in [1.54, 1.807) is 6.07 Å². The standard InChI is InChI=1S/C18H19Cl2NO/c19-15-7-6-14(17(20)10-15)11-21(16-8-9-16)12-18(22)13-4-2-1-3-5-13/h1-7,10,16,18,22H,8-9,11-12H2. The molecule has 116 valence electrons. The minimum atomic E-state index is -0.479. The molecule has 1 atom stereocenters. The van der Waals surface area contributed by atoms with Gasteiger partial charge in [-0.3, -0.25) is 4.90 Å². The summed E-state index contributed by atoms with van der Waals surface area (Å²) in [5.41, 5.74) is 2.01. The lowest BCUT2D eigenvalue weighted by Gasteiger charge is -2.25. The van der Waals surface area contributed by atoms with Crippen LogP contribution in [0, 0.1) is 0 Å². The molecule has 1 saturated carbocycles. The maximum Gasteiger partial charge on any atom is 0.0917 e. The van der Waals surface area contributed by atoms with E-state index in [0.717, 1.165) is 17.7 Å². The molecule has 0 spiro atoms. The Morgan fingerprint density at radius 1 is 1.09 bits per heavy atom. The Morgan fingerprint density at radius 3 is 2.45 bits per heavy atom. The van der Waals surface area contributed by atoms with Gasteiger partial charge in [0.05, 0.1) is 6.10 Å². The van der Waals surface area contributed by atoms with E-state index in [4.69, 9.17) is 23.2 Å². The molecule has 1 fully saturated rings. The largest absolute Gasteiger partial charge is 0.387 e. The van der Waals surface area contributed by atoms with Crippen LogP contribution in [0.25, 0.3) is 0 Å². The van der Waals surface area contributed by atoms with Gasteiger partial charge in [-0.15, -0.1) is 0 Å². The molecule has 2 nitrogen and oxygen atoms in total. The number of halogens is 2. The van der Waals surface area contributed by atoms with Gasteiger partial charge in [0.2, 0.25) is 0 Å². The second-order valence-electron chi connectivity index (χ2n) is 5.82. The SMILES string of the molecule is OC(CN(Cc1ccc(Cl)cc1Cl)C1CC1)c1ccccc1. The number of hydrogen-bond acceptors (Lipinski definition) is 2. The molecular weight excluding hydrogens is 317 g/mol. The summed E-state index contributed by atoms with van der Waals surface area (Å²) in [6.07, 6.45) is 1.90. The van der Waals surface area contributed by atoms with E-state index >= 15 is 0 Å². The van der Waals surface area contributed by atoms with Gasteiger partial charge in [-0.2, -0.15) is 0 Å². The van der Waals surface area contributed by atoms with E-state index in [0.29, 0.717) is 22.6 Å². The van der Waals surface area contributed by atoms with Crippen LogP contribution in [-0.4, -0.2) is 22.6 Å². The van der Waals surface area contributed by atoms with Crippen molar-refractivity contribution in [2.24, 2.45) is 0 Å². The van der Waals surface area contributed by atoms with Gasteiger partial charge in [0.15, 0.2) is 0 Å². The molecule has 0 heterocycles. The molecule has 2 aromatic rings. The molecule has 1 aliphatic carbocycles. The van der Waals surface area contributed by atoms with Gasteiger partial charge < -0.3 is 5.11 Å². The normalized spacial score (nSPS) is 16.0. The van der Waals surface area contributed by atoms with Crippen molar-refractivity contribution in [3.8, 4) is 0 Å². The van der Waals surface area contributed by atoms with Crippen molar-refractivity contribution in [2.45, 2.75) is 31.5 Å². The Hall–Kier alpha value is -1.06. The summed E-state index contributed by atoms with van der Waals surface area (Å²) in [5.74, 6) is 0. The van der Waals surface area contributed by atoms with Crippen LogP contribution in [0.15, 0.2) is 48.5 Å². The van der Waals surface area contributed by atoms with Crippen LogP contribution in [-0.2, 0) is 6.54 Å². The van der Waals surface area contributed by atoms with Crippen molar-refractivity contribution in [1.29, 1.82) is 0 Å². The van der Waals surface area contributed by atoms with Gasteiger partial charge in [-0.05, 0) is 36.1 Å². The summed E-state index contributed by atoms with van der Waals surface area (Å²) in [4.78, 5) is 2.31. The molecule has 22 heavy (non-hydrogen) atoms. The monoisotopic (exact) mass is 335 g/mol. The number of rotatable bonds is 6. The van der Waals surface area contributed by atoms with E-state index in [2.05, 4.69) is 4.90 Å². The van der Waals surface area contributed by atoms with Crippen molar-refractivity contribution in [2.75, 3.05) is 6.54 Å². The van der Waals surface area contributed by atoms with Crippen molar-refractivity contribution >= 4 is 23.2 Å². The zero-order valence-electron chi connectivity index (χ0n) is 12.3. The third-order valence-electron chi connectivity index (χ3n) is 4.04. The zero-order valence-corrected chi connectivity index (χ0v) is 13.8. The molecule has 0 bridgehead atoms. The van der Waals surface area contributed by atoms with Gasteiger partial charge in [0.25, 0.3) is 0 Å². The first kappa shape index (κ1) is 15.8. The fourth-order valence-electron chi connectivity index (χ4n) is 2.65. The molecule has 0 saturated heterocycles. The van der Waals surface area contributed by atoms with E-state index in [9.17, 15) is 5.11 Å². The number of hydrogen-bond donors (Lipinski definition) is 1. The summed E-state index contributed by atoms with van der Waals surface area (Å²) in [5, 5.41) is 11.8. The lowest BCUT2D eigenvalue weighted by Crippen LogP contribution is -2.30. The molecule has 0 aliphatic heterocycles. The van der Waals surface area contributed by atoms with Crippen LogP contribution in [0.4, 0.5) is 0 Å². The summed E-state index contributed by atoms with van der Waals surface area (Å²) >= 11 is 12.2. The van der Waals surface area contributed by atoms with Gasteiger partial charge >= 0.3 is 0 Å². The highest BCUT2D eigenvalue weighted by Crippen LogP contribution is 2.32. The zero-order chi connectivity index (χ0) is 15.5. The fourth-order valence-corrected chi connectivity index (χ4v) is 3.12. The average molecular weight is 336 g/mol. The topological polar surface area (TPSA) is 23.5 Å². The Balaban J connectivity index is 1.70. The van der Waals surface area contributed by atoms with Gasteiger partial charge in [-0.1, -0.05) is 59.6 Å². The quantitative estimate of drug-likeness (QED) is 0.827. The predicted octanol–water partition coefficient (Wildman–Crippen LogP) is 4.69. The molecule has 2 aromatic carbocycles. The number of aliphatic hydroxyl groups is 1. The highest BCUT2D eigenvalue weighted by Gasteiger charge is 2.30. The Bertz CT molecular complexity index is 628. The van der Waals surface area contributed by atoms with Crippen LogP contribution in [0.2, 0.25) is 10.0 Å². The van der Waals surface area contributed by atoms with E-state index in [1.807, 2.05) is 42.5 Å². The first-order valence-electron chi connectivity index (χ1n) is 7.54. The minimum absolute atomic E-state index is 0.479. The number of aliphatic hydroxyl groups excluding tert-OH is 1. The second-order valence-corrected chi connectivity index (χ2v) is 6.67. The summed E-state index contributed by atoms with van der Waals surface area (Å²) < 4.78 is 0. The highest BCUT2D eigenvalue weighted by molar-refractivity contribution is 6.35. The maximum absolute atomic E-state index is 10.5. The van der Waals surface area contributed by atoms with Crippen LogP contribution < -0.4 is 0 Å². The lowest BCUT2D eigenvalue weighted by molar-refractivity contribution is 0.104. The van der Waals surface area contributed by atoms with Gasteiger partial charge in [-0.25, -0.2) is 0 Å². The third kappa shape index (κ3) is 4.02. The molecule has 4 heteroatoms. The third-order valence-corrected chi connectivity index (χ3v) is 4.63.